The molecule has 0 aliphatic carbocycles. The maximum atomic E-state index is 13.0. The molecule has 0 aromatic heterocycles. The summed E-state index contributed by atoms with van der Waals surface area (Å²) in [6.45, 7) is 6.34. The number of benzene rings is 1. The second kappa shape index (κ2) is 9.41. The number of hydrogen-bond acceptors (Lipinski definition) is 4. The molecule has 1 fully saturated rings. The van der Waals surface area contributed by atoms with Crippen molar-refractivity contribution in [2.24, 2.45) is 5.41 Å². The summed E-state index contributed by atoms with van der Waals surface area (Å²) < 4.78 is 5.78. The molecule has 1 N–H and O–H groups in total. The van der Waals surface area contributed by atoms with Crippen LogP contribution in [0.5, 0.6) is 5.75 Å². The zero-order chi connectivity index (χ0) is 20.0. The number of carbonyl (C=O) groups excluding carboxylic acids is 2. The van der Waals surface area contributed by atoms with E-state index in [4.69, 9.17) is 4.74 Å². The Morgan fingerprint density at radius 1 is 1.14 bits per heavy atom. The number of hydrogen-bond donors (Lipinski definition) is 1. The first kappa shape index (κ1) is 20.6. The Kier molecular flexibility index (Phi) is 6.94. The smallest absolute Gasteiger partial charge is 0.253 e. The minimum absolute atomic E-state index is 0.0341. The van der Waals surface area contributed by atoms with Gasteiger partial charge in [-0.15, -0.1) is 0 Å². The van der Waals surface area contributed by atoms with Crippen LogP contribution in [0.2, 0.25) is 0 Å². The number of fused-ring (bicyclic) bond motifs is 2. The Balaban J connectivity index is 1.77. The Morgan fingerprint density at radius 3 is 2.68 bits per heavy atom. The SMILES string of the molecule is CC(=O)N1CCC2(CCCCNCCOc3cccc(c3)C(=O)N(C)C2)CC1. The summed E-state index contributed by atoms with van der Waals surface area (Å²) in [5.41, 5.74) is 0.754. The molecule has 0 radical (unpaired) electrons. The quantitative estimate of drug-likeness (QED) is 0.743. The standard InChI is InChI=1S/C22H33N3O3/c1-18(26)25-13-9-22(10-14-25)8-3-4-11-23-12-15-28-20-7-5-6-19(16-20)21(27)24(2)17-22/h5-7,16,23H,3-4,8-15,17H2,1-2H3. The van der Waals surface area contributed by atoms with E-state index in [-0.39, 0.29) is 17.2 Å². The molecule has 0 unspecified atom stereocenters. The van der Waals surface area contributed by atoms with E-state index in [0.717, 1.165) is 70.6 Å². The van der Waals surface area contributed by atoms with E-state index in [0.29, 0.717) is 12.2 Å². The highest BCUT2D eigenvalue weighted by Gasteiger charge is 2.36. The predicted octanol–water partition coefficient (Wildman–Crippen LogP) is 2.54. The number of nitrogens with one attached hydrogen (secondary N) is 1. The van der Waals surface area contributed by atoms with Crippen molar-refractivity contribution >= 4 is 11.8 Å². The summed E-state index contributed by atoms with van der Waals surface area (Å²) in [7, 11) is 1.90. The highest BCUT2D eigenvalue weighted by molar-refractivity contribution is 5.94. The molecule has 2 aliphatic rings. The Hall–Kier alpha value is -2.08. The van der Waals surface area contributed by atoms with Crippen LogP contribution in [0.4, 0.5) is 0 Å². The van der Waals surface area contributed by atoms with Crippen LogP contribution in [0.15, 0.2) is 24.3 Å². The molecule has 2 aliphatic heterocycles. The summed E-state index contributed by atoms with van der Waals surface area (Å²) in [4.78, 5) is 28.6. The molecular weight excluding hydrogens is 354 g/mol. The maximum absolute atomic E-state index is 13.0. The maximum Gasteiger partial charge on any atom is 0.253 e. The van der Waals surface area contributed by atoms with E-state index in [1.165, 1.54) is 0 Å². The van der Waals surface area contributed by atoms with Gasteiger partial charge in [0.1, 0.15) is 12.4 Å². The normalized spacial score (nSPS) is 21.6. The molecule has 2 amide bonds. The van der Waals surface area contributed by atoms with Crippen LogP contribution in [0, 0.1) is 5.41 Å². The molecule has 1 aromatic rings. The van der Waals surface area contributed by atoms with Crippen LogP contribution in [-0.2, 0) is 4.79 Å². The van der Waals surface area contributed by atoms with Gasteiger partial charge in [0.05, 0.1) is 0 Å². The monoisotopic (exact) mass is 387 g/mol. The molecule has 6 nitrogen and oxygen atoms in total. The lowest BCUT2D eigenvalue weighted by molar-refractivity contribution is -0.131. The summed E-state index contributed by atoms with van der Waals surface area (Å²) in [5, 5.41) is 3.44. The van der Waals surface area contributed by atoms with Crippen molar-refractivity contribution in [3.8, 4) is 5.75 Å². The van der Waals surface area contributed by atoms with Crippen LogP contribution < -0.4 is 10.1 Å². The van der Waals surface area contributed by atoms with E-state index in [9.17, 15) is 9.59 Å². The van der Waals surface area contributed by atoms with Crippen molar-refractivity contribution in [3.63, 3.8) is 0 Å². The van der Waals surface area contributed by atoms with E-state index in [1.807, 2.05) is 41.1 Å². The predicted molar refractivity (Wildman–Crippen MR) is 110 cm³/mol. The molecule has 1 spiro atoms. The molecule has 1 saturated heterocycles. The minimum Gasteiger partial charge on any atom is -0.492 e. The zero-order valence-corrected chi connectivity index (χ0v) is 17.2. The molecule has 28 heavy (non-hydrogen) atoms. The fourth-order valence-electron chi connectivity index (χ4n) is 4.41. The fourth-order valence-corrected chi connectivity index (χ4v) is 4.41. The van der Waals surface area contributed by atoms with Gasteiger partial charge in [-0.1, -0.05) is 12.5 Å². The van der Waals surface area contributed by atoms with Gasteiger partial charge in [-0.05, 0) is 55.8 Å². The van der Waals surface area contributed by atoms with Gasteiger partial charge < -0.3 is 19.9 Å². The first-order valence-corrected chi connectivity index (χ1v) is 10.4. The van der Waals surface area contributed by atoms with Gasteiger partial charge >= 0.3 is 0 Å². The summed E-state index contributed by atoms with van der Waals surface area (Å²) in [6.07, 6.45) is 5.25. The van der Waals surface area contributed by atoms with Gasteiger partial charge in [0.15, 0.2) is 0 Å². The summed E-state index contributed by atoms with van der Waals surface area (Å²) >= 11 is 0. The molecule has 154 valence electrons. The van der Waals surface area contributed by atoms with E-state index < -0.39 is 0 Å². The van der Waals surface area contributed by atoms with Gasteiger partial charge in [-0.2, -0.15) is 0 Å². The topological polar surface area (TPSA) is 61.9 Å². The van der Waals surface area contributed by atoms with Gasteiger partial charge in [0, 0.05) is 45.7 Å². The Morgan fingerprint density at radius 2 is 1.93 bits per heavy atom. The third-order valence-electron chi connectivity index (χ3n) is 6.13. The number of piperidine rings is 1. The number of likely N-dealkylation sites (tertiary alicyclic amines) is 1. The van der Waals surface area contributed by atoms with E-state index >= 15 is 0 Å². The van der Waals surface area contributed by atoms with Gasteiger partial charge in [-0.3, -0.25) is 9.59 Å². The van der Waals surface area contributed by atoms with Crippen molar-refractivity contribution in [2.75, 3.05) is 46.4 Å². The largest absolute Gasteiger partial charge is 0.492 e. The third-order valence-corrected chi connectivity index (χ3v) is 6.13. The molecule has 2 bridgehead atoms. The highest BCUT2D eigenvalue weighted by atomic mass is 16.5. The molecule has 3 rings (SSSR count). The van der Waals surface area contributed by atoms with E-state index in [1.54, 1.807) is 6.92 Å². The number of rotatable bonds is 0. The van der Waals surface area contributed by atoms with Crippen LogP contribution in [-0.4, -0.2) is 68.0 Å². The average molecular weight is 388 g/mol. The Bertz CT molecular complexity index is 683. The lowest BCUT2D eigenvalue weighted by atomic mass is 9.74. The second-order valence-electron chi connectivity index (χ2n) is 8.25. The van der Waals surface area contributed by atoms with Crippen LogP contribution in [0.3, 0.4) is 0 Å². The van der Waals surface area contributed by atoms with Crippen molar-refractivity contribution in [3.05, 3.63) is 29.8 Å². The van der Waals surface area contributed by atoms with Crippen LogP contribution >= 0.6 is 0 Å². The van der Waals surface area contributed by atoms with Gasteiger partial charge in [-0.25, -0.2) is 0 Å². The second-order valence-corrected chi connectivity index (χ2v) is 8.25. The lowest BCUT2D eigenvalue weighted by Gasteiger charge is -2.44. The molecule has 0 atom stereocenters. The molecule has 1 aromatic carbocycles. The zero-order valence-electron chi connectivity index (χ0n) is 17.2. The van der Waals surface area contributed by atoms with Crippen molar-refractivity contribution < 1.29 is 14.3 Å². The van der Waals surface area contributed by atoms with Gasteiger partial charge in [0.2, 0.25) is 5.91 Å². The van der Waals surface area contributed by atoms with Gasteiger partial charge in [0.25, 0.3) is 5.91 Å². The fraction of sp³-hybridized carbons (Fsp3) is 0.636. The van der Waals surface area contributed by atoms with Crippen molar-refractivity contribution in [2.45, 2.75) is 39.0 Å². The molecule has 0 saturated carbocycles. The Labute approximate surface area is 168 Å². The minimum atomic E-state index is 0.0341. The number of nitrogens with zero attached hydrogens (tertiary/aromatic N) is 2. The molecule has 2 heterocycles. The summed E-state index contributed by atoms with van der Waals surface area (Å²) in [5.74, 6) is 0.921. The number of carbonyl (C=O) groups is 2. The molecule has 6 heteroatoms. The van der Waals surface area contributed by atoms with Crippen LogP contribution in [0.1, 0.15) is 49.4 Å². The average Bonchev–Trinajstić information content (AvgIpc) is 2.69. The number of amides is 2. The van der Waals surface area contributed by atoms with Crippen molar-refractivity contribution in [1.82, 2.24) is 15.1 Å². The van der Waals surface area contributed by atoms with E-state index in [2.05, 4.69) is 5.32 Å². The number of ether oxygens (including phenoxy) is 1. The molecular formula is C22H33N3O3. The summed E-state index contributed by atoms with van der Waals surface area (Å²) in [6, 6.07) is 7.47. The third kappa shape index (κ3) is 5.25. The first-order valence-electron chi connectivity index (χ1n) is 10.4. The lowest BCUT2D eigenvalue weighted by Crippen LogP contribution is -2.48. The van der Waals surface area contributed by atoms with Crippen LogP contribution in [0.25, 0.3) is 0 Å². The van der Waals surface area contributed by atoms with Crippen molar-refractivity contribution in [1.29, 1.82) is 0 Å². The highest BCUT2D eigenvalue weighted by Crippen LogP contribution is 2.37. The first-order chi connectivity index (χ1) is 13.5.